The van der Waals surface area contributed by atoms with Gasteiger partial charge in [0.1, 0.15) is 19.3 Å². The first kappa shape index (κ1) is 16.1. The normalized spacial score (nSPS) is 20.1. The maximum absolute atomic E-state index is 11.5. The van der Waals surface area contributed by atoms with E-state index in [9.17, 15) is 9.90 Å². The molecule has 1 aromatic carbocycles. The average Bonchev–Trinajstić information content (AvgIpc) is 3.06. The number of nitrogens with one attached hydrogen (secondary N) is 1. The number of amides is 1. The Bertz CT molecular complexity index is 558. The molecule has 2 N–H and O–H groups in total. The van der Waals surface area contributed by atoms with Crippen LogP contribution in [0.15, 0.2) is 18.2 Å². The molecule has 6 nitrogen and oxygen atoms in total. The Morgan fingerprint density at radius 3 is 2.65 bits per heavy atom. The van der Waals surface area contributed by atoms with Crippen molar-refractivity contribution in [3.63, 3.8) is 0 Å². The molecule has 0 spiro atoms. The van der Waals surface area contributed by atoms with Crippen molar-refractivity contribution in [2.24, 2.45) is 0 Å². The molecule has 3 rings (SSSR count). The number of likely N-dealkylation sites (tertiary alicyclic amines) is 1. The number of hydrogen-bond acceptors (Lipinski definition) is 5. The lowest BCUT2D eigenvalue weighted by molar-refractivity contribution is -0.120. The molecule has 23 heavy (non-hydrogen) atoms. The van der Waals surface area contributed by atoms with Gasteiger partial charge < -0.3 is 24.8 Å². The monoisotopic (exact) mass is 320 g/mol. The lowest BCUT2D eigenvalue weighted by atomic mass is 10.0. The molecule has 2 aliphatic heterocycles. The van der Waals surface area contributed by atoms with Gasteiger partial charge in [-0.25, -0.2) is 0 Å². The number of benzene rings is 1. The van der Waals surface area contributed by atoms with Crippen LogP contribution >= 0.6 is 0 Å². The highest BCUT2D eigenvalue weighted by Gasteiger charge is 2.27. The van der Waals surface area contributed by atoms with E-state index in [1.54, 1.807) is 6.07 Å². The molecule has 126 valence electrons. The summed E-state index contributed by atoms with van der Waals surface area (Å²) < 4.78 is 11.1. The second-order valence-corrected chi connectivity index (χ2v) is 6.16. The van der Waals surface area contributed by atoms with E-state index in [0.717, 1.165) is 18.7 Å². The molecule has 2 atom stereocenters. The van der Waals surface area contributed by atoms with Crippen molar-refractivity contribution in [2.45, 2.75) is 31.9 Å². The Morgan fingerprint density at radius 1 is 1.26 bits per heavy atom. The van der Waals surface area contributed by atoms with Crippen molar-refractivity contribution in [3.8, 4) is 11.5 Å². The number of ether oxygens (including phenoxy) is 2. The molecule has 1 amide bonds. The summed E-state index contributed by atoms with van der Waals surface area (Å²) in [4.78, 5) is 13.8. The van der Waals surface area contributed by atoms with Gasteiger partial charge in [-0.15, -0.1) is 0 Å². The van der Waals surface area contributed by atoms with Gasteiger partial charge in [0.05, 0.1) is 6.04 Å². The zero-order chi connectivity index (χ0) is 16.2. The second kappa shape index (κ2) is 7.19. The predicted octanol–water partition coefficient (Wildman–Crippen LogP) is 1.09. The number of rotatable bonds is 5. The van der Waals surface area contributed by atoms with E-state index in [1.807, 2.05) is 12.1 Å². The fraction of sp³-hybridized carbons (Fsp3) is 0.588. The van der Waals surface area contributed by atoms with Crippen LogP contribution in [0.25, 0.3) is 0 Å². The highest BCUT2D eigenvalue weighted by atomic mass is 16.6. The van der Waals surface area contributed by atoms with Crippen molar-refractivity contribution in [1.29, 1.82) is 0 Å². The molecule has 0 bridgehead atoms. The molecule has 0 saturated carbocycles. The minimum Gasteiger partial charge on any atom is -0.486 e. The third-order valence-corrected chi connectivity index (χ3v) is 4.33. The molecule has 1 fully saturated rings. The first-order chi connectivity index (χ1) is 11.1. The van der Waals surface area contributed by atoms with E-state index in [1.165, 1.54) is 19.8 Å². The van der Waals surface area contributed by atoms with Crippen LogP contribution in [0.5, 0.6) is 11.5 Å². The van der Waals surface area contributed by atoms with Gasteiger partial charge in [0, 0.05) is 13.5 Å². The molecular weight excluding hydrogens is 296 g/mol. The molecule has 2 aliphatic rings. The van der Waals surface area contributed by atoms with Gasteiger partial charge in [-0.2, -0.15) is 0 Å². The van der Waals surface area contributed by atoms with Gasteiger partial charge in [-0.05, 0) is 43.6 Å². The van der Waals surface area contributed by atoms with Crippen molar-refractivity contribution >= 4 is 5.91 Å². The minimum absolute atomic E-state index is 0.134. The molecule has 0 radical (unpaired) electrons. The van der Waals surface area contributed by atoms with Gasteiger partial charge >= 0.3 is 0 Å². The van der Waals surface area contributed by atoms with E-state index in [2.05, 4.69) is 10.2 Å². The van der Waals surface area contributed by atoms with Gasteiger partial charge in [0.15, 0.2) is 11.5 Å². The molecule has 0 unspecified atom stereocenters. The number of nitrogens with zero attached hydrogens (tertiary/aromatic N) is 1. The number of aliphatic hydroxyl groups is 1. The topological polar surface area (TPSA) is 71.0 Å². The van der Waals surface area contributed by atoms with E-state index < -0.39 is 6.10 Å². The number of carbonyl (C=O) groups is 1. The van der Waals surface area contributed by atoms with Crippen LogP contribution in [-0.2, 0) is 4.79 Å². The Kier molecular flexibility index (Phi) is 5.03. The standard InChI is InChI=1S/C17H24N2O4/c1-12(20)18-14(11-19-6-2-3-7-19)17(21)13-4-5-15-16(10-13)23-9-8-22-15/h4-5,10,14,17,21H,2-3,6-9,11H2,1H3,(H,18,20)/t14-,17-/m1/s1. The Morgan fingerprint density at radius 2 is 1.96 bits per heavy atom. The van der Waals surface area contributed by atoms with E-state index in [0.29, 0.717) is 31.3 Å². The summed E-state index contributed by atoms with van der Waals surface area (Å²) in [5, 5.41) is 13.6. The Hall–Kier alpha value is -1.79. The number of carbonyl (C=O) groups excluding carboxylic acids is 1. The van der Waals surface area contributed by atoms with Crippen LogP contribution in [0.1, 0.15) is 31.4 Å². The van der Waals surface area contributed by atoms with E-state index in [4.69, 9.17) is 9.47 Å². The number of hydrogen-bond donors (Lipinski definition) is 2. The molecule has 0 aliphatic carbocycles. The SMILES string of the molecule is CC(=O)N[C@H](CN1CCCC1)[C@H](O)c1ccc2c(c1)OCCO2. The fourth-order valence-corrected chi connectivity index (χ4v) is 3.21. The van der Waals surface area contributed by atoms with Gasteiger partial charge in [0.2, 0.25) is 5.91 Å². The maximum Gasteiger partial charge on any atom is 0.217 e. The predicted molar refractivity (Wildman–Crippen MR) is 85.7 cm³/mol. The van der Waals surface area contributed by atoms with Crippen molar-refractivity contribution in [3.05, 3.63) is 23.8 Å². The zero-order valence-corrected chi connectivity index (χ0v) is 13.5. The van der Waals surface area contributed by atoms with Gasteiger partial charge in [-0.1, -0.05) is 6.07 Å². The highest BCUT2D eigenvalue weighted by Crippen LogP contribution is 2.33. The Labute approximate surface area is 136 Å². The van der Waals surface area contributed by atoms with Crippen LogP contribution in [0.3, 0.4) is 0 Å². The fourth-order valence-electron chi connectivity index (χ4n) is 3.21. The summed E-state index contributed by atoms with van der Waals surface area (Å²) in [6.45, 7) is 5.21. The summed E-state index contributed by atoms with van der Waals surface area (Å²) >= 11 is 0. The lowest BCUT2D eigenvalue weighted by Gasteiger charge is -2.29. The third-order valence-electron chi connectivity index (χ3n) is 4.33. The van der Waals surface area contributed by atoms with E-state index in [-0.39, 0.29) is 11.9 Å². The summed E-state index contributed by atoms with van der Waals surface area (Å²) in [6, 6.07) is 5.11. The maximum atomic E-state index is 11.5. The van der Waals surface area contributed by atoms with Crippen LogP contribution in [0.4, 0.5) is 0 Å². The highest BCUT2D eigenvalue weighted by molar-refractivity contribution is 5.73. The average molecular weight is 320 g/mol. The van der Waals surface area contributed by atoms with Crippen molar-refractivity contribution < 1.29 is 19.4 Å². The quantitative estimate of drug-likeness (QED) is 0.850. The molecule has 0 aromatic heterocycles. The van der Waals surface area contributed by atoms with Crippen LogP contribution < -0.4 is 14.8 Å². The number of fused-ring (bicyclic) bond motifs is 1. The van der Waals surface area contributed by atoms with Crippen LogP contribution in [0.2, 0.25) is 0 Å². The van der Waals surface area contributed by atoms with Gasteiger partial charge in [0.25, 0.3) is 0 Å². The molecule has 2 heterocycles. The molecule has 1 aromatic rings. The lowest BCUT2D eigenvalue weighted by Crippen LogP contribution is -2.46. The molecule has 1 saturated heterocycles. The Balaban J connectivity index is 1.75. The zero-order valence-electron chi connectivity index (χ0n) is 13.5. The first-order valence-electron chi connectivity index (χ1n) is 8.20. The molecular formula is C17H24N2O4. The van der Waals surface area contributed by atoms with Crippen LogP contribution in [-0.4, -0.2) is 54.8 Å². The van der Waals surface area contributed by atoms with Crippen molar-refractivity contribution in [1.82, 2.24) is 10.2 Å². The summed E-state index contributed by atoms with van der Waals surface area (Å²) in [5.74, 6) is 1.21. The third kappa shape index (κ3) is 3.95. The number of aliphatic hydroxyl groups excluding tert-OH is 1. The first-order valence-corrected chi connectivity index (χ1v) is 8.20. The van der Waals surface area contributed by atoms with Gasteiger partial charge in [-0.3, -0.25) is 4.79 Å². The summed E-state index contributed by atoms with van der Waals surface area (Å²) in [7, 11) is 0. The van der Waals surface area contributed by atoms with E-state index >= 15 is 0 Å². The minimum atomic E-state index is -0.782. The second-order valence-electron chi connectivity index (χ2n) is 6.16. The summed E-state index contributed by atoms with van der Waals surface area (Å²) in [6.07, 6.45) is 1.56. The summed E-state index contributed by atoms with van der Waals surface area (Å²) in [5.41, 5.74) is 0.729. The van der Waals surface area contributed by atoms with Crippen molar-refractivity contribution in [2.75, 3.05) is 32.8 Å². The van der Waals surface area contributed by atoms with Crippen LogP contribution in [0, 0.1) is 0 Å². The molecule has 6 heteroatoms. The smallest absolute Gasteiger partial charge is 0.217 e. The largest absolute Gasteiger partial charge is 0.486 e.